The number of imidazole rings is 1. The van der Waals surface area contributed by atoms with Gasteiger partial charge in [0.15, 0.2) is 5.13 Å². The quantitative estimate of drug-likeness (QED) is 0.502. The number of benzene rings is 1. The Hall–Kier alpha value is -2.45. The highest BCUT2D eigenvalue weighted by Gasteiger charge is 2.17. The molecule has 0 aliphatic heterocycles. The molecule has 0 amide bonds. The lowest BCUT2D eigenvalue weighted by Gasteiger charge is -2.04. The maximum Gasteiger partial charge on any atom is 0.234 e. The fraction of sp³-hybridized carbons (Fsp3) is 0.167. The largest absolute Gasteiger partial charge is 0.497 e. The molecule has 26 heavy (non-hydrogen) atoms. The fourth-order valence-electron chi connectivity index (χ4n) is 2.75. The van der Waals surface area contributed by atoms with Crippen molar-refractivity contribution in [1.29, 1.82) is 0 Å². The number of hydrogen-bond donors (Lipinski definition) is 1. The zero-order chi connectivity index (χ0) is 17.4. The Morgan fingerprint density at radius 1 is 1.12 bits per heavy atom. The van der Waals surface area contributed by atoms with E-state index in [9.17, 15) is 0 Å². The number of ether oxygens (including phenoxy) is 1. The standard InChI is InChI=1S/C18H17N5OS.BrH/c1-11-16(23-10-4-9-19-17(23)20-11)15-12(2)25-18(22-15)21-13-5-7-14(24-3)8-6-13;/h4-10H,1-3H3,(H,21,22);1H. The third-order valence-electron chi connectivity index (χ3n) is 3.94. The fourth-order valence-corrected chi connectivity index (χ4v) is 3.59. The van der Waals surface area contributed by atoms with Crippen molar-refractivity contribution >= 4 is 44.9 Å². The second-order valence-corrected chi connectivity index (χ2v) is 6.82. The molecule has 0 saturated carbocycles. The zero-order valence-electron chi connectivity index (χ0n) is 14.6. The maximum atomic E-state index is 5.19. The Morgan fingerprint density at radius 2 is 1.88 bits per heavy atom. The molecule has 4 aromatic rings. The van der Waals surface area contributed by atoms with Crippen molar-refractivity contribution in [1.82, 2.24) is 19.4 Å². The molecule has 3 aromatic heterocycles. The number of nitrogens with one attached hydrogen (secondary N) is 1. The number of halogens is 1. The lowest BCUT2D eigenvalue weighted by molar-refractivity contribution is 0.415. The number of aromatic nitrogens is 4. The van der Waals surface area contributed by atoms with E-state index in [2.05, 4.69) is 22.2 Å². The summed E-state index contributed by atoms with van der Waals surface area (Å²) >= 11 is 1.62. The first kappa shape index (κ1) is 18.3. The second kappa shape index (κ2) is 7.43. The van der Waals surface area contributed by atoms with Gasteiger partial charge in [-0.1, -0.05) is 0 Å². The normalized spacial score (nSPS) is 10.6. The Balaban J connectivity index is 0.00000196. The topological polar surface area (TPSA) is 64.3 Å². The Bertz CT molecular complexity index is 1040. The van der Waals surface area contributed by atoms with Crippen molar-refractivity contribution < 1.29 is 4.74 Å². The number of rotatable bonds is 4. The monoisotopic (exact) mass is 431 g/mol. The van der Waals surface area contributed by atoms with Crippen LogP contribution in [-0.4, -0.2) is 26.5 Å². The molecule has 1 aromatic carbocycles. The molecule has 0 unspecified atom stereocenters. The van der Waals surface area contributed by atoms with E-state index in [1.807, 2.05) is 47.9 Å². The number of hydrogen-bond acceptors (Lipinski definition) is 6. The minimum atomic E-state index is 0. The van der Waals surface area contributed by atoms with Crippen LogP contribution in [-0.2, 0) is 0 Å². The van der Waals surface area contributed by atoms with Crippen LogP contribution in [0.15, 0.2) is 42.7 Å². The Kier molecular flexibility index (Phi) is 5.24. The average Bonchev–Trinajstić information content (AvgIpc) is 3.13. The minimum Gasteiger partial charge on any atom is -0.497 e. The first-order valence-electron chi connectivity index (χ1n) is 7.84. The number of methoxy groups -OCH3 is 1. The van der Waals surface area contributed by atoms with Crippen LogP contribution in [0, 0.1) is 13.8 Å². The van der Waals surface area contributed by atoms with Gasteiger partial charge in [-0.3, -0.25) is 4.40 Å². The van der Waals surface area contributed by atoms with Crippen molar-refractivity contribution in [2.45, 2.75) is 13.8 Å². The number of anilines is 2. The van der Waals surface area contributed by atoms with Gasteiger partial charge in [-0.25, -0.2) is 15.0 Å². The summed E-state index contributed by atoms with van der Waals surface area (Å²) < 4.78 is 7.17. The first-order valence-corrected chi connectivity index (χ1v) is 8.66. The van der Waals surface area contributed by atoms with E-state index in [-0.39, 0.29) is 17.0 Å². The minimum absolute atomic E-state index is 0. The SMILES string of the molecule is Br.COc1ccc(Nc2nc(-c3c(C)nc4ncccn34)c(C)s2)cc1. The molecule has 3 heterocycles. The van der Waals surface area contributed by atoms with Crippen molar-refractivity contribution in [3.8, 4) is 17.1 Å². The molecule has 0 aliphatic rings. The molecule has 0 spiro atoms. The second-order valence-electron chi connectivity index (χ2n) is 5.61. The van der Waals surface area contributed by atoms with Gasteiger partial charge in [0, 0.05) is 23.0 Å². The van der Waals surface area contributed by atoms with E-state index >= 15 is 0 Å². The highest BCUT2D eigenvalue weighted by molar-refractivity contribution is 8.93. The van der Waals surface area contributed by atoms with E-state index in [1.54, 1.807) is 24.6 Å². The number of fused-ring (bicyclic) bond motifs is 1. The van der Waals surface area contributed by atoms with E-state index in [0.717, 1.165) is 38.5 Å². The van der Waals surface area contributed by atoms with Crippen LogP contribution >= 0.6 is 28.3 Å². The molecule has 6 nitrogen and oxygen atoms in total. The molecular formula is C18H18BrN5OS. The molecule has 0 fully saturated rings. The van der Waals surface area contributed by atoms with Gasteiger partial charge in [-0.05, 0) is 44.2 Å². The first-order chi connectivity index (χ1) is 12.2. The molecule has 4 rings (SSSR count). The van der Waals surface area contributed by atoms with Gasteiger partial charge in [0.1, 0.15) is 11.4 Å². The van der Waals surface area contributed by atoms with Gasteiger partial charge in [-0.2, -0.15) is 0 Å². The zero-order valence-corrected chi connectivity index (χ0v) is 17.1. The van der Waals surface area contributed by atoms with Crippen LogP contribution in [0.2, 0.25) is 0 Å². The van der Waals surface area contributed by atoms with Gasteiger partial charge in [-0.15, -0.1) is 28.3 Å². The number of thiazole rings is 1. The average molecular weight is 432 g/mol. The lowest BCUT2D eigenvalue weighted by Crippen LogP contribution is -1.93. The summed E-state index contributed by atoms with van der Waals surface area (Å²) in [6.07, 6.45) is 3.71. The molecule has 0 bridgehead atoms. The van der Waals surface area contributed by atoms with E-state index in [1.165, 1.54) is 0 Å². The van der Waals surface area contributed by atoms with E-state index in [0.29, 0.717) is 5.78 Å². The van der Waals surface area contributed by atoms with Crippen LogP contribution < -0.4 is 10.1 Å². The van der Waals surface area contributed by atoms with E-state index < -0.39 is 0 Å². The molecule has 8 heteroatoms. The van der Waals surface area contributed by atoms with Crippen LogP contribution in [0.3, 0.4) is 0 Å². The molecule has 0 radical (unpaired) electrons. The summed E-state index contributed by atoms with van der Waals surface area (Å²) in [5.74, 6) is 1.52. The molecule has 0 aliphatic carbocycles. The number of aryl methyl sites for hydroxylation is 2. The number of nitrogens with zero attached hydrogens (tertiary/aromatic N) is 4. The van der Waals surface area contributed by atoms with Crippen LogP contribution in [0.5, 0.6) is 5.75 Å². The van der Waals surface area contributed by atoms with Crippen molar-refractivity contribution in [3.63, 3.8) is 0 Å². The predicted octanol–water partition coefficient (Wildman–Crippen LogP) is 4.80. The highest BCUT2D eigenvalue weighted by Crippen LogP contribution is 2.34. The molecule has 0 saturated heterocycles. The summed E-state index contributed by atoms with van der Waals surface area (Å²) in [5, 5.41) is 4.20. The highest BCUT2D eigenvalue weighted by atomic mass is 79.9. The third kappa shape index (κ3) is 3.30. The van der Waals surface area contributed by atoms with Gasteiger partial charge < -0.3 is 10.1 Å². The van der Waals surface area contributed by atoms with Gasteiger partial charge >= 0.3 is 0 Å². The van der Waals surface area contributed by atoms with Crippen molar-refractivity contribution in [2.75, 3.05) is 12.4 Å². The Morgan fingerprint density at radius 3 is 2.62 bits per heavy atom. The van der Waals surface area contributed by atoms with Crippen LogP contribution in [0.4, 0.5) is 10.8 Å². The van der Waals surface area contributed by atoms with Crippen LogP contribution in [0.25, 0.3) is 17.2 Å². The van der Waals surface area contributed by atoms with Crippen molar-refractivity contribution in [3.05, 3.63) is 53.3 Å². The summed E-state index contributed by atoms with van der Waals surface area (Å²) in [7, 11) is 1.66. The predicted molar refractivity (Wildman–Crippen MR) is 110 cm³/mol. The molecule has 0 atom stereocenters. The summed E-state index contributed by atoms with van der Waals surface area (Å²) in [4.78, 5) is 14.8. The third-order valence-corrected chi connectivity index (χ3v) is 4.83. The lowest BCUT2D eigenvalue weighted by atomic mass is 10.2. The Labute approximate surface area is 165 Å². The van der Waals surface area contributed by atoms with Crippen LogP contribution in [0.1, 0.15) is 10.6 Å². The maximum absolute atomic E-state index is 5.19. The molecule has 134 valence electrons. The smallest absolute Gasteiger partial charge is 0.234 e. The van der Waals surface area contributed by atoms with Crippen molar-refractivity contribution in [2.24, 2.45) is 0 Å². The van der Waals surface area contributed by atoms with Gasteiger partial charge in [0.05, 0.1) is 18.5 Å². The van der Waals surface area contributed by atoms with Gasteiger partial charge in [0.2, 0.25) is 5.78 Å². The summed E-state index contributed by atoms with van der Waals surface area (Å²) in [6.45, 7) is 4.06. The summed E-state index contributed by atoms with van der Waals surface area (Å²) in [5.41, 5.74) is 3.80. The summed E-state index contributed by atoms with van der Waals surface area (Å²) in [6, 6.07) is 9.68. The van der Waals surface area contributed by atoms with E-state index in [4.69, 9.17) is 9.72 Å². The molecule has 1 N–H and O–H groups in total. The van der Waals surface area contributed by atoms with Gasteiger partial charge in [0.25, 0.3) is 0 Å². The molecular weight excluding hydrogens is 414 g/mol.